The molecule has 2 aromatic heterocycles. The number of benzene rings is 1. The lowest BCUT2D eigenvalue weighted by atomic mass is 9.99. The smallest absolute Gasteiger partial charge is 0.311 e. The lowest BCUT2D eigenvalue weighted by Crippen LogP contribution is -2.20. The van der Waals surface area contributed by atoms with E-state index in [2.05, 4.69) is 15.2 Å². The van der Waals surface area contributed by atoms with E-state index in [1.54, 1.807) is 19.9 Å². The van der Waals surface area contributed by atoms with Gasteiger partial charge in [0, 0.05) is 5.56 Å². The topological polar surface area (TPSA) is 156 Å². The molecule has 0 spiro atoms. The number of carboxylic acids is 1. The SMILES string of the molecule is Cc1cc(C)c(NC(=O)c2sccc2S(=O)(=O)Nc2onc(C)c2Cl)c(C(=O)CC(=O)O)c1. The predicted molar refractivity (Wildman–Crippen MR) is 122 cm³/mol. The summed E-state index contributed by atoms with van der Waals surface area (Å²) in [5.74, 6) is -3.08. The minimum Gasteiger partial charge on any atom is -0.481 e. The third-order valence-electron chi connectivity index (χ3n) is 4.47. The first-order valence-electron chi connectivity index (χ1n) is 9.30. The molecule has 0 aliphatic carbocycles. The molecule has 0 aliphatic heterocycles. The van der Waals surface area contributed by atoms with Gasteiger partial charge in [-0.1, -0.05) is 22.8 Å². The van der Waals surface area contributed by atoms with Crippen LogP contribution in [0.1, 0.15) is 43.3 Å². The molecule has 2 heterocycles. The van der Waals surface area contributed by atoms with Gasteiger partial charge in [-0.05, 0) is 49.4 Å². The summed E-state index contributed by atoms with van der Waals surface area (Å²) in [6.45, 7) is 4.89. The first kappa shape index (κ1) is 24.4. The molecule has 0 bridgehead atoms. The molecule has 13 heteroatoms. The van der Waals surface area contributed by atoms with Crippen LogP contribution < -0.4 is 10.0 Å². The van der Waals surface area contributed by atoms with Crippen molar-refractivity contribution < 1.29 is 32.4 Å². The van der Waals surface area contributed by atoms with E-state index in [1.165, 1.54) is 24.4 Å². The van der Waals surface area contributed by atoms with Crippen LogP contribution in [0.25, 0.3) is 0 Å². The Balaban J connectivity index is 1.95. The van der Waals surface area contributed by atoms with Crippen molar-refractivity contribution in [1.29, 1.82) is 0 Å². The van der Waals surface area contributed by atoms with Gasteiger partial charge in [0.2, 0.25) is 0 Å². The summed E-state index contributed by atoms with van der Waals surface area (Å²) in [5.41, 5.74) is 1.62. The quantitative estimate of drug-likeness (QED) is 0.302. The number of carbonyl (C=O) groups excluding carboxylic acids is 2. The third-order valence-corrected chi connectivity index (χ3v) is 7.33. The van der Waals surface area contributed by atoms with Gasteiger partial charge in [-0.2, -0.15) is 0 Å². The van der Waals surface area contributed by atoms with Crippen LogP contribution in [0.5, 0.6) is 0 Å². The number of halogens is 1. The summed E-state index contributed by atoms with van der Waals surface area (Å²) in [7, 11) is -4.27. The number of hydrogen-bond acceptors (Lipinski definition) is 8. The van der Waals surface area contributed by atoms with Crippen LogP contribution in [0.2, 0.25) is 5.02 Å². The van der Waals surface area contributed by atoms with Gasteiger partial charge in [-0.25, -0.2) is 13.1 Å². The van der Waals surface area contributed by atoms with E-state index < -0.39 is 34.1 Å². The zero-order valence-corrected chi connectivity index (χ0v) is 19.9. The van der Waals surface area contributed by atoms with Crippen LogP contribution in [-0.4, -0.2) is 36.3 Å². The lowest BCUT2D eigenvalue weighted by molar-refractivity contribution is -0.135. The number of hydrogen-bond donors (Lipinski definition) is 3. The monoisotopic (exact) mass is 511 g/mol. The van der Waals surface area contributed by atoms with Crippen molar-refractivity contribution in [3.05, 3.63) is 55.9 Å². The largest absolute Gasteiger partial charge is 0.481 e. The number of carboxylic acid groups (broad SMARTS) is 1. The molecule has 3 rings (SSSR count). The molecular formula is C20H18ClN3O7S2. The molecular weight excluding hydrogens is 494 g/mol. The number of Topliss-reactive ketones (excluding diaryl/α,β-unsaturated/α-hetero) is 1. The van der Waals surface area contributed by atoms with Crippen molar-refractivity contribution in [2.45, 2.75) is 32.1 Å². The van der Waals surface area contributed by atoms with Gasteiger partial charge in [0.25, 0.3) is 21.8 Å². The Hall–Kier alpha value is -3.22. The summed E-state index contributed by atoms with van der Waals surface area (Å²) < 4.78 is 32.7. The Kier molecular flexibility index (Phi) is 6.91. The zero-order chi connectivity index (χ0) is 24.5. The Labute approximate surface area is 197 Å². The molecule has 0 radical (unpaired) electrons. The fraction of sp³-hybridized carbons (Fsp3) is 0.200. The van der Waals surface area contributed by atoms with Gasteiger partial charge in [0.1, 0.15) is 26.9 Å². The van der Waals surface area contributed by atoms with Crippen LogP contribution in [0.3, 0.4) is 0 Å². The fourth-order valence-electron chi connectivity index (χ4n) is 3.03. The molecule has 3 N–H and O–H groups in total. The molecule has 174 valence electrons. The second-order valence-corrected chi connectivity index (χ2v) is 10.0. The Morgan fingerprint density at radius 3 is 2.52 bits per heavy atom. The molecule has 0 atom stereocenters. The van der Waals surface area contributed by atoms with Crippen LogP contribution in [0, 0.1) is 20.8 Å². The van der Waals surface area contributed by atoms with Gasteiger partial charge in [0.15, 0.2) is 5.78 Å². The highest BCUT2D eigenvalue weighted by molar-refractivity contribution is 7.93. The van der Waals surface area contributed by atoms with Crippen molar-refractivity contribution in [2.24, 2.45) is 0 Å². The maximum absolute atomic E-state index is 13.0. The minimum atomic E-state index is -4.27. The maximum Gasteiger partial charge on any atom is 0.311 e. The fourth-order valence-corrected chi connectivity index (χ4v) is 5.52. The first-order chi connectivity index (χ1) is 15.4. The van der Waals surface area contributed by atoms with Crippen LogP contribution >= 0.6 is 22.9 Å². The highest BCUT2D eigenvalue weighted by atomic mass is 35.5. The van der Waals surface area contributed by atoms with E-state index in [0.717, 1.165) is 11.3 Å². The number of thiophene rings is 1. The van der Waals surface area contributed by atoms with Crippen molar-refractivity contribution >= 4 is 62.2 Å². The van der Waals surface area contributed by atoms with Crippen molar-refractivity contribution in [2.75, 3.05) is 10.0 Å². The second-order valence-electron chi connectivity index (χ2n) is 7.08. The molecule has 0 saturated heterocycles. The number of amides is 1. The number of nitrogens with zero attached hydrogens (tertiary/aromatic N) is 1. The highest BCUT2D eigenvalue weighted by Gasteiger charge is 2.28. The Morgan fingerprint density at radius 2 is 1.91 bits per heavy atom. The zero-order valence-electron chi connectivity index (χ0n) is 17.6. The number of carbonyl (C=O) groups is 3. The average molecular weight is 512 g/mol. The molecule has 10 nitrogen and oxygen atoms in total. The molecule has 0 unspecified atom stereocenters. The van der Waals surface area contributed by atoms with Gasteiger partial charge in [0.05, 0.1) is 5.69 Å². The molecule has 0 fully saturated rings. The number of anilines is 2. The number of ketones is 1. The number of sulfonamides is 1. The van der Waals surface area contributed by atoms with Crippen LogP contribution in [0.15, 0.2) is 33.0 Å². The third kappa shape index (κ3) is 5.24. The number of rotatable bonds is 8. The summed E-state index contributed by atoms with van der Waals surface area (Å²) >= 11 is 6.83. The Bertz CT molecular complexity index is 1380. The minimum absolute atomic E-state index is 0.0170. The Morgan fingerprint density at radius 1 is 1.21 bits per heavy atom. The first-order valence-corrected chi connectivity index (χ1v) is 12.0. The number of nitrogens with one attached hydrogen (secondary N) is 2. The molecule has 0 saturated carbocycles. The van der Waals surface area contributed by atoms with E-state index in [1.807, 2.05) is 0 Å². The molecule has 1 aromatic carbocycles. The van der Waals surface area contributed by atoms with Gasteiger partial charge in [-0.15, -0.1) is 11.3 Å². The van der Waals surface area contributed by atoms with Gasteiger partial charge < -0.3 is 14.9 Å². The second kappa shape index (κ2) is 9.33. The predicted octanol–water partition coefficient (Wildman–Crippen LogP) is 4.03. The van der Waals surface area contributed by atoms with Gasteiger partial charge in [-0.3, -0.25) is 14.4 Å². The number of aryl methyl sites for hydroxylation is 3. The van der Waals surface area contributed by atoms with Crippen LogP contribution in [-0.2, 0) is 14.8 Å². The maximum atomic E-state index is 13.0. The number of aliphatic carboxylic acids is 1. The van der Waals surface area contributed by atoms with Crippen molar-refractivity contribution in [1.82, 2.24) is 5.16 Å². The van der Waals surface area contributed by atoms with E-state index in [9.17, 15) is 22.8 Å². The molecule has 33 heavy (non-hydrogen) atoms. The van der Waals surface area contributed by atoms with Crippen LogP contribution in [0.4, 0.5) is 11.6 Å². The summed E-state index contributed by atoms with van der Waals surface area (Å²) in [6.07, 6.45) is -0.758. The average Bonchev–Trinajstić information content (AvgIpc) is 3.32. The summed E-state index contributed by atoms with van der Waals surface area (Å²) in [4.78, 5) is 36.0. The highest BCUT2D eigenvalue weighted by Crippen LogP contribution is 2.31. The van der Waals surface area contributed by atoms with E-state index in [0.29, 0.717) is 11.1 Å². The normalized spacial score (nSPS) is 11.3. The molecule has 3 aromatic rings. The van der Waals surface area contributed by atoms with Crippen molar-refractivity contribution in [3.63, 3.8) is 0 Å². The lowest BCUT2D eigenvalue weighted by Gasteiger charge is -2.14. The molecule has 0 aliphatic rings. The van der Waals surface area contributed by atoms with Gasteiger partial charge >= 0.3 is 5.97 Å². The van der Waals surface area contributed by atoms with E-state index in [4.69, 9.17) is 21.2 Å². The van der Waals surface area contributed by atoms with E-state index in [-0.39, 0.29) is 37.6 Å². The summed E-state index contributed by atoms with van der Waals surface area (Å²) in [6, 6.07) is 4.41. The standard InChI is InChI=1S/C20H18ClN3O7S2/c1-9-6-10(2)17(12(7-9)13(25)8-15(26)27)22-19(28)18-14(4-5-32-18)33(29,30)24-20-16(21)11(3)23-31-20/h4-7,24H,8H2,1-3H3,(H,22,28)(H,26,27). The number of aromatic nitrogens is 1. The van der Waals surface area contributed by atoms with Crippen molar-refractivity contribution in [3.8, 4) is 0 Å². The van der Waals surface area contributed by atoms with E-state index >= 15 is 0 Å². The molecule has 1 amide bonds. The summed E-state index contributed by atoms with van der Waals surface area (Å²) in [5, 5.41) is 16.5.